The van der Waals surface area contributed by atoms with Gasteiger partial charge < -0.3 is 10.4 Å². The molecule has 0 heterocycles. The van der Waals surface area contributed by atoms with Crippen LogP contribution in [0.15, 0.2) is 24.3 Å². The van der Waals surface area contributed by atoms with Crippen molar-refractivity contribution in [3.63, 3.8) is 0 Å². The number of hydrogen-bond acceptors (Lipinski definition) is 2. The average molecular weight is 281 g/mol. The third-order valence-electron chi connectivity index (χ3n) is 3.07. The van der Waals surface area contributed by atoms with Crippen molar-refractivity contribution in [3.8, 4) is 0 Å². The van der Waals surface area contributed by atoms with Crippen molar-refractivity contribution >= 4 is 11.9 Å². The topological polar surface area (TPSA) is 66.4 Å². The molecule has 0 radical (unpaired) electrons. The highest BCUT2D eigenvalue weighted by molar-refractivity contribution is 5.78. The van der Waals surface area contributed by atoms with Gasteiger partial charge in [0.1, 0.15) is 5.82 Å². The van der Waals surface area contributed by atoms with Gasteiger partial charge in [-0.15, -0.1) is 0 Å². The Morgan fingerprint density at radius 2 is 2.15 bits per heavy atom. The molecule has 1 rings (SSSR count). The number of aryl methyl sites for hydroxylation is 1. The fourth-order valence-electron chi connectivity index (χ4n) is 1.83. The van der Waals surface area contributed by atoms with Gasteiger partial charge in [-0.1, -0.05) is 19.1 Å². The summed E-state index contributed by atoms with van der Waals surface area (Å²) in [5, 5.41) is 11.2. The summed E-state index contributed by atoms with van der Waals surface area (Å²) < 4.78 is 13.0. The largest absolute Gasteiger partial charge is 0.481 e. The number of carboxylic acid groups (broad SMARTS) is 1. The van der Waals surface area contributed by atoms with Gasteiger partial charge in [0.15, 0.2) is 0 Å². The van der Waals surface area contributed by atoms with Gasteiger partial charge in [-0.05, 0) is 37.0 Å². The molecule has 4 nitrogen and oxygen atoms in total. The normalized spacial score (nSPS) is 11.9. The first-order chi connectivity index (χ1) is 9.49. The molecule has 0 bridgehead atoms. The summed E-state index contributed by atoms with van der Waals surface area (Å²) in [6.45, 7) is 2.18. The monoisotopic (exact) mass is 281 g/mol. The zero-order chi connectivity index (χ0) is 15.0. The minimum absolute atomic E-state index is 0.0535. The number of carbonyl (C=O) groups excluding carboxylic acids is 1. The Balaban J connectivity index is 2.26. The Bertz CT molecular complexity index is 462. The van der Waals surface area contributed by atoms with Crippen LogP contribution < -0.4 is 5.32 Å². The second-order valence-corrected chi connectivity index (χ2v) is 4.86. The van der Waals surface area contributed by atoms with E-state index in [9.17, 15) is 14.0 Å². The van der Waals surface area contributed by atoms with E-state index < -0.39 is 5.97 Å². The predicted molar refractivity (Wildman–Crippen MR) is 73.8 cm³/mol. The molecule has 0 saturated carbocycles. The Morgan fingerprint density at radius 3 is 2.80 bits per heavy atom. The fraction of sp³-hybridized carbons (Fsp3) is 0.467. The molecule has 1 atom stereocenters. The van der Waals surface area contributed by atoms with Crippen molar-refractivity contribution in [3.05, 3.63) is 35.6 Å². The number of nitrogens with one attached hydrogen (secondary N) is 1. The zero-order valence-electron chi connectivity index (χ0n) is 11.6. The van der Waals surface area contributed by atoms with E-state index in [4.69, 9.17) is 5.11 Å². The molecular weight excluding hydrogens is 261 g/mol. The highest BCUT2D eigenvalue weighted by Crippen LogP contribution is 2.11. The first kappa shape index (κ1) is 16.1. The predicted octanol–water partition coefficient (Wildman–Crippen LogP) is 2.38. The third-order valence-corrected chi connectivity index (χ3v) is 3.07. The van der Waals surface area contributed by atoms with Crippen LogP contribution in [0.25, 0.3) is 0 Å². The van der Waals surface area contributed by atoms with Crippen molar-refractivity contribution in [2.75, 3.05) is 6.54 Å². The van der Waals surface area contributed by atoms with E-state index in [0.29, 0.717) is 25.8 Å². The highest BCUT2D eigenvalue weighted by atomic mass is 19.1. The van der Waals surface area contributed by atoms with Crippen LogP contribution in [-0.4, -0.2) is 23.5 Å². The molecule has 1 aromatic rings. The molecule has 20 heavy (non-hydrogen) atoms. The second kappa shape index (κ2) is 8.30. The number of amides is 1. The van der Waals surface area contributed by atoms with Crippen molar-refractivity contribution < 1.29 is 19.1 Å². The number of aliphatic carboxylic acids is 1. The van der Waals surface area contributed by atoms with Crippen molar-refractivity contribution in [1.82, 2.24) is 5.32 Å². The SMILES string of the molecule is CC(CCc1cccc(F)c1)C(=O)NCCCC(=O)O. The first-order valence-corrected chi connectivity index (χ1v) is 6.73. The molecule has 0 aliphatic carbocycles. The van der Waals surface area contributed by atoms with E-state index in [0.717, 1.165) is 5.56 Å². The highest BCUT2D eigenvalue weighted by Gasteiger charge is 2.12. The van der Waals surface area contributed by atoms with Crippen molar-refractivity contribution in [2.45, 2.75) is 32.6 Å². The van der Waals surface area contributed by atoms with Gasteiger partial charge in [0.2, 0.25) is 5.91 Å². The van der Waals surface area contributed by atoms with Gasteiger partial charge in [0.05, 0.1) is 0 Å². The van der Waals surface area contributed by atoms with Crippen LogP contribution in [0.5, 0.6) is 0 Å². The molecule has 0 aliphatic rings. The molecule has 1 aromatic carbocycles. The van der Waals surface area contributed by atoms with E-state index >= 15 is 0 Å². The lowest BCUT2D eigenvalue weighted by molar-refractivity contribution is -0.137. The Labute approximate surface area is 118 Å². The maximum atomic E-state index is 13.0. The van der Waals surface area contributed by atoms with E-state index in [1.54, 1.807) is 6.07 Å². The number of carbonyl (C=O) groups is 2. The van der Waals surface area contributed by atoms with Gasteiger partial charge in [0.25, 0.3) is 0 Å². The molecule has 0 saturated heterocycles. The van der Waals surface area contributed by atoms with E-state index in [1.807, 2.05) is 13.0 Å². The summed E-state index contributed by atoms with van der Waals surface area (Å²) in [5.74, 6) is -1.40. The number of halogens is 1. The summed E-state index contributed by atoms with van der Waals surface area (Å²) >= 11 is 0. The number of benzene rings is 1. The molecule has 2 N–H and O–H groups in total. The van der Waals surface area contributed by atoms with Crippen molar-refractivity contribution in [1.29, 1.82) is 0 Å². The molecule has 1 amide bonds. The average Bonchev–Trinajstić information content (AvgIpc) is 2.40. The smallest absolute Gasteiger partial charge is 0.303 e. The van der Waals surface area contributed by atoms with Crippen LogP contribution >= 0.6 is 0 Å². The lowest BCUT2D eigenvalue weighted by Crippen LogP contribution is -2.30. The van der Waals surface area contributed by atoms with Gasteiger partial charge in [-0.2, -0.15) is 0 Å². The van der Waals surface area contributed by atoms with E-state index in [1.165, 1.54) is 12.1 Å². The van der Waals surface area contributed by atoms with Crippen LogP contribution in [0.4, 0.5) is 4.39 Å². The minimum Gasteiger partial charge on any atom is -0.481 e. The molecule has 110 valence electrons. The minimum atomic E-state index is -0.863. The zero-order valence-corrected chi connectivity index (χ0v) is 11.6. The van der Waals surface area contributed by atoms with Crippen molar-refractivity contribution in [2.24, 2.45) is 5.92 Å². The number of rotatable bonds is 8. The molecular formula is C15H20FNO3. The van der Waals surface area contributed by atoms with Crippen LogP contribution in [0.1, 0.15) is 31.7 Å². The van der Waals surface area contributed by atoms with Crippen LogP contribution in [0.2, 0.25) is 0 Å². The van der Waals surface area contributed by atoms with Gasteiger partial charge in [-0.25, -0.2) is 4.39 Å². The molecule has 1 unspecified atom stereocenters. The maximum Gasteiger partial charge on any atom is 0.303 e. The van der Waals surface area contributed by atoms with Crippen LogP contribution in [-0.2, 0) is 16.0 Å². The Morgan fingerprint density at radius 1 is 1.40 bits per heavy atom. The molecule has 0 spiro atoms. The summed E-state index contributed by atoms with van der Waals surface area (Å²) in [6, 6.07) is 6.35. The third kappa shape index (κ3) is 6.31. The lowest BCUT2D eigenvalue weighted by Gasteiger charge is -2.12. The second-order valence-electron chi connectivity index (χ2n) is 4.86. The number of carboxylic acids is 1. The molecule has 5 heteroatoms. The fourth-order valence-corrected chi connectivity index (χ4v) is 1.83. The summed E-state index contributed by atoms with van der Waals surface area (Å²) in [7, 11) is 0. The van der Waals surface area contributed by atoms with Gasteiger partial charge >= 0.3 is 5.97 Å². The molecule has 0 fully saturated rings. The van der Waals surface area contributed by atoms with E-state index in [2.05, 4.69) is 5.32 Å². The summed E-state index contributed by atoms with van der Waals surface area (Å²) in [6.07, 6.45) is 1.76. The summed E-state index contributed by atoms with van der Waals surface area (Å²) in [4.78, 5) is 22.1. The molecule has 0 aliphatic heterocycles. The van der Waals surface area contributed by atoms with Gasteiger partial charge in [-0.3, -0.25) is 9.59 Å². The lowest BCUT2D eigenvalue weighted by atomic mass is 10.0. The first-order valence-electron chi connectivity index (χ1n) is 6.73. The molecule has 0 aromatic heterocycles. The van der Waals surface area contributed by atoms with Gasteiger partial charge in [0, 0.05) is 18.9 Å². The van der Waals surface area contributed by atoms with Crippen LogP contribution in [0.3, 0.4) is 0 Å². The van der Waals surface area contributed by atoms with E-state index in [-0.39, 0.29) is 24.1 Å². The number of hydrogen-bond donors (Lipinski definition) is 2. The Kier molecular flexibility index (Phi) is 6.70. The van der Waals surface area contributed by atoms with Crippen LogP contribution in [0, 0.1) is 11.7 Å². The quantitative estimate of drug-likeness (QED) is 0.719. The standard InChI is InChI=1S/C15H20FNO3/c1-11(15(20)17-9-3-6-14(18)19)7-8-12-4-2-5-13(16)10-12/h2,4-5,10-11H,3,6-9H2,1H3,(H,17,20)(H,18,19). The summed E-state index contributed by atoms with van der Waals surface area (Å²) in [5.41, 5.74) is 0.871. The maximum absolute atomic E-state index is 13.0. The Hall–Kier alpha value is -1.91.